The number of benzene rings is 1. The zero-order valence-electron chi connectivity index (χ0n) is 10.7. The lowest BCUT2D eigenvalue weighted by Crippen LogP contribution is -2.24. The minimum atomic E-state index is 0.609. The maximum Gasteiger partial charge on any atom is 0.142 e. The molecule has 0 bridgehead atoms. The Hall–Kier alpha value is -0.830. The van der Waals surface area contributed by atoms with Crippen molar-refractivity contribution in [3.8, 4) is 5.75 Å². The normalized spacial score (nSPS) is 16.8. The van der Waals surface area contributed by atoms with Gasteiger partial charge in [0.1, 0.15) is 5.75 Å². The van der Waals surface area contributed by atoms with Crippen LogP contribution in [-0.2, 0) is 0 Å². The number of thioether (sulfide) groups is 1. The van der Waals surface area contributed by atoms with Crippen LogP contribution in [0.2, 0.25) is 0 Å². The molecule has 1 aliphatic rings. The Morgan fingerprint density at radius 2 is 2.12 bits per heavy atom. The quantitative estimate of drug-likeness (QED) is 0.881. The Morgan fingerprint density at radius 3 is 2.82 bits per heavy atom. The van der Waals surface area contributed by atoms with Gasteiger partial charge in [-0.25, -0.2) is 0 Å². The molecule has 0 aromatic heterocycles. The number of nitrogens with one attached hydrogen (secondary N) is 1. The number of aryl methyl sites for hydroxylation is 1. The third-order valence-corrected chi connectivity index (χ3v) is 4.07. The third-order valence-electron chi connectivity index (χ3n) is 3.02. The SMILES string of the molecule is CCOc1cc(C)ccc1NC1CCSCC1. The smallest absolute Gasteiger partial charge is 0.142 e. The van der Waals surface area contributed by atoms with Crippen molar-refractivity contribution in [2.75, 3.05) is 23.4 Å². The largest absolute Gasteiger partial charge is 0.492 e. The molecule has 0 saturated carbocycles. The van der Waals surface area contributed by atoms with Crippen LogP contribution in [0.4, 0.5) is 5.69 Å². The molecule has 3 heteroatoms. The summed E-state index contributed by atoms with van der Waals surface area (Å²) >= 11 is 2.05. The van der Waals surface area contributed by atoms with E-state index in [1.165, 1.54) is 29.9 Å². The van der Waals surface area contributed by atoms with Crippen LogP contribution in [0.15, 0.2) is 18.2 Å². The van der Waals surface area contributed by atoms with E-state index in [1.54, 1.807) is 0 Å². The average Bonchev–Trinajstić information content (AvgIpc) is 2.34. The van der Waals surface area contributed by atoms with Gasteiger partial charge in [0.05, 0.1) is 12.3 Å². The fourth-order valence-corrected chi connectivity index (χ4v) is 3.19. The molecular weight excluding hydrogens is 230 g/mol. The standard InChI is InChI=1S/C14H21NOS/c1-3-16-14-10-11(2)4-5-13(14)15-12-6-8-17-9-7-12/h4-5,10,12,15H,3,6-9H2,1-2H3. The van der Waals surface area contributed by atoms with Gasteiger partial charge in [0.2, 0.25) is 0 Å². The van der Waals surface area contributed by atoms with Gasteiger partial charge in [-0.05, 0) is 55.9 Å². The number of anilines is 1. The molecule has 2 nitrogen and oxygen atoms in total. The summed E-state index contributed by atoms with van der Waals surface area (Å²) in [4.78, 5) is 0. The Labute approximate surface area is 108 Å². The van der Waals surface area contributed by atoms with Gasteiger partial charge in [0.15, 0.2) is 0 Å². The number of rotatable bonds is 4. The lowest BCUT2D eigenvalue weighted by atomic mass is 10.1. The topological polar surface area (TPSA) is 21.3 Å². The molecule has 2 rings (SSSR count). The Morgan fingerprint density at radius 1 is 1.35 bits per heavy atom. The second-order valence-electron chi connectivity index (χ2n) is 4.46. The molecular formula is C14H21NOS. The highest BCUT2D eigenvalue weighted by atomic mass is 32.2. The second-order valence-corrected chi connectivity index (χ2v) is 5.69. The van der Waals surface area contributed by atoms with Crippen LogP contribution in [0.5, 0.6) is 5.75 Å². The van der Waals surface area contributed by atoms with E-state index in [4.69, 9.17) is 4.74 Å². The van der Waals surface area contributed by atoms with E-state index in [9.17, 15) is 0 Å². The zero-order chi connectivity index (χ0) is 12.1. The van der Waals surface area contributed by atoms with E-state index in [0.29, 0.717) is 6.04 Å². The van der Waals surface area contributed by atoms with Crippen LogP contribution >= 0.6 is 11.8 Å². The van der Waals surface area contributed by atoms with Gasteiger partial charge in [-0.1, -0.05) is 6.07 Å². The van der Waals surface area contributed by atoms with Crippen molar-refractivity contribution in [1.82, 2.24) is 0 Å². The lowest BCUT2D eigenvalue weighted by molar-refractivity contribution is 0.341. The van der Waals surface area contributed by atoms with Gasteiger partial charge < -0.3 is 10.1 Å². The first-order valence-electron chi connectivity index (χ1n) is 6.37. The van der Waals surface area contributed by atoms with E-state index in [2.05, 4.69) is 42.2 Å². The molecule has 0 unspecified atom stereocenters. The molecule has 1 fully saturated rings. The highest BCUT2D eigenvalue weighted by Gasteiger charge is 2.15. The van der Waals surface area contributed by atoms with Gasteiger partial charge >= 0.3 is 0 Å². The first-order valence-corrected chi connectivity index (χ1v) is 7.53. The van der Waals surface area contributed by atoms with Crippen molar-refractivity contribution in [2.45, 2.75) is 32.7 Å². The van der Waals surface area contributed by atoms with Gasteiger partial charge in [-0.3, -0.25) is 0 Å². The minimum absolute atomic E-state index is 0.609. The molecule has 0 amide bonds. The van der Waals surface area contributed by atoms with Crippen LogP contribution in [-0.4, -0.2) is 24.2 Å². The van der Waals surface area contributed by atoms with E-state index < -0.39 is 0 Å². The third kappa shape index (κ3) is 3.56. The summed E-state index contributed by atoms with van der Waals surface area (Å²) in [5.41, 5.74) is 2.40. The van der Waals surface area contributed by atoms with Crippen molar-refractivity contribution in [1.29, 1.82) is 0 Å². The summed E-state index contributed by atoms with van der Waals surface area (Å²) in [7, 11) is 0. The molecule has 17 heavy (non-hydrogen) atoms. The molecule has 94 valence electrons. The van der Waals surface area contributed by atoms with E-state index >= 15 is 0 Å². The average molecular weight is 251 g/mol. The molecule has 1 saturated heterocycles. The summed E-state index contributed by atoms with van der Waals surface area (Å²) < 4.78 is 5.69. The molecule has 0 aliphatic carbocycles. The summed E-state index contributed by atoms with van der Waals surface area (Å²) in [6.07, 6.45) is 2.51. The molecule has 1 N–H and O–H groups in total. The van der Waals surface area contributed by atoms with Crippen LogP contribution in [0, 0.1) is 6.92 Å². The van der Waals surface area contributed by atoms with E-state index in [0.717, 1.165) is 18.0 Å². The van der Waals surface area contributed by atoms with Crippen LogP contribution in [0.3, 0.4) is 0 Å². The molecule has 0 radical (unpaired) electrons. The van der Waals surface area contributed by atoms with Crippen molar-refractivity contribution in [2.24, 2.45) is 0 Å². The van der Waals surface area contributed by atoms with E-state index in [1.807, 2.05) is 6.92 Å². The summed E-state index contributed by atoms with van der Waals surface area (Å²) in [5, 5.41) is 3.62. The molecule has 1 heterocycles. The highest BCUT2D eigenvalue weighted by Crippen LogP contribution is 2.29. The van der Waals surface area contributed by atoms with Gasteiger partial charge in [0, 0.05) is 6.04 Å². The van der Waals surface area contributed by atoms with Gasteiger partial charge in [0.25, 0.3) is 0 Å². The molecule has 0 spiro atoms. The lowest BCUT2D eigenvalue weighted by Gasteiger charge is -2.25. The number of hydrogen-bond donors (Lipinski definition) is 1. The van der Waals surface area contributed by atoms with Gasteiger partial charge in [-0.2, -0.15) is 11.8 Å². The zero-order valence-corrected chi connectivity index (χ0v) is 11.5. The predicted octanol–water partition coefficient (Wildman–Crippen LogP) is 3.70. The van der Waals surface area contributed by atoms with Crippen LogP contribution in [0.1, 0.15) is 25.3 Å². The summed E-state index contributed by atoms with van der Waals surface area (Å²) in [6.45, 7) is 4.85. The van der Waals surface area contributed by atoms with Gasteiger partial charge in [-0.15, -0.1) is 0 Å². The van der Waals surface area contributed by atoms with Crippen molar-refractivity contribution < 1.29 is 4.74 Å². The summed E-state index contributed by atoms with van der Waals surface area (Å²) in [6, 6.07) is 7.01. The monoisotopic (exact) mass is 251 g/mol. The summed E-state index contributed by atoms with van der Waals surface area (Å²) in [5.74, 6) is 3.53. The fraction of sp³-hybridized carbons (Fsp3) is 0.571. The molecule has 1 aromatic carbocycles. The first kappa shape index (κ1) is 12.6. The van der Waals surface area contributed by atoms with Crippen molar-refractivity contribution in [3.63, 3.8) is 0 Å². The second kappa shape index (κ2) is 6.20. The fourth-order valence-electron chi connectivity index (χ4n) is 2.09. The molecule has 1 aromatic rings. The maximum atomic E-state index is 5.69. The minimum Gasteiger partial charge on any atom is -0.492 e. The Balaban J connectivity index is 2.07. The van der Waals surface area contributed by atoms with Crippen LogP contribution in [0.25, 0.3) is 0 Å². The van der Waals surface area contributed by atoms with E-state index in [-0.39, 0.29) is 0 Å². The molecule has 1 aliphatic heterocycles. The van der Waals surface area contributed by atoms with Crippen molar-refractivity contribution >= 4 is 17.4 Å². The Kier molecular flexibility index (Phi) is 4.60. The predicted molar refractivity (Wildman–Crippen MR) is 76.3 cm³/mol. The maximum absolute atomic E-state index is 5.69. The number of ether oxygens (including phenoxy) is 1. The highest BCUT2D eigenvalue weighted by molar-refractivity contribution is 7.99. The number of hydrogen-bond acceptors (Lipinski definition) is 3. The molecule has 0 atom stereocenters. The Bertz CT molecular complexity index is 361. The first-order chi connectivity index (χ1) is 8.29. The van der Waals surface area contributed by atoms with Crippen LogP contribution < -0.4 is 10.1 Å². The van der Waals surface area contributed by atoms with Crippen molar-refractivity contribution in [3.05, 3.63) is 23.8 Å².